The Bertz CT molecular complexity index is 1090. The number of rotatable bonds is 12. The number of carbonyl (C=O) groups is 5. The number of methoxy groups -OCH3 is 1. The van der Waals surface area contributed by atoms with Crippen molar-refractivity contribution in [1.29, 1.82) is 0 Å². The van der Waals surface area contributed by atoms with E-state index in [0.717, 1.165) is 24.5 Å². The van der Waals surface area contributed by atoms with Gasteiger partial charge in [-0.05, 0) is 19.9 Å². The van der Waals surface area contributed by atoms with Gasteiger partial charge in [0, 0.05) is 13.5 Å². The van der Waals surface area contributed by atoms with Crippen molar-refractivity contribution in [3.63, 3.8) is 0 Å². The Morgan fingerprint density at radius 1 is 1.27 bits per heavy atom. The molecule has 3 N–H and O–H groups in total. The number of aromatic nitrogens is 1. The number of anilines is 1. The van der Waals surface area contributed by atoms with E-state index in [1.165, 1.54) is 19.2 Å². The third-order valence-corrected chi connectivity index (χ3v) is 7.63. The molecule has 0 aromatic carbocycles. The smallest absolute Gasteiger partial charge is 0.352 e. The number of hydrogen-bond donors (Lipinski definition) is 3. The Morgan fingerprint density at radius 3 is 2.51 bits per heavy atom. The summed E-state index contributed by atoms with van der Waals surface area (Å²) in [7, 11) is -0.294. The van der Waals surface area contributed by atoms with Gasteiger partial charge in [0.15, 0.2) is 16.9 Å². The largest absolute Gasteiger partial charge is 0.467 e. The number of amides is 3. The van der Waals surface area contributed by atoms with E-state index in [0.29, 0.717) is 0 Å². The van der Waals surface area contributed by atoms with Crippen molar-refractivity contribution in [2.45, 2.75) is 57.2 Å². The minimum Gasteiger partial charge on any atom is -0.467 e. The summed E-state index contributed by atoms with van der Waals surface area (Å²) in [4.78, 5) is 70.6. The van der Waals surface area contributed by atoms with Crippen LogP contribution in [-0.4, -0.2) is 85.7 Å². The fourth-order valence-corrected chi connectivity index (χ4v) is 4.17. The van der Waals surface area contributed by atoms with Gasteiger partial charge in [-0.2, -0.15) is 0 Å². The molecule has 1 aromatic rings. The highest BCUT2D eigenvalue weighted by Crippen LogP contribution is 2.19. The maximum atomic E-state index is 13.1. The summed E-state index contributed by atoms with van der Waals surface area (Å²) in [6.45, 7) is 9.48. The molecule has 0 aliphatic carbocycles. The summed E-state index contributed by atoms with van der Waals surface area (Å²) in [6, 6.07) is -1.55. The van der Waals surface area contributed by atoms with Crippen LogP contribution in [0.25, 0.3) is 0 Å². The fraction of sp³-hybridized carbons (Fsp3) is 0.571. The van der Waals surface area contributed by atoms with E-state index in [-0.39, 0.29) is 23.3 Å². The highest BCUT2D eigenvalue weighted by Gasteiger charge is 2.46. The van der Waals surface area contributed by atoms with Crippen molar-refractivity contribution in [3.8, 4) is 0 Å². The molecule has 1 aliphatic rings. The quantitative estimate of drug-likeness (QED) is 0.0815. The molecule has 1 aromatic heterocycles. The first kappa shape index (κ1) is 30.2. The molecule has 1 fully saturated rings. The van der Waals surface area contributed by atoms with Crippen LogP contribution in [0.1, 0.15) is 19.5 Å². The molecule has 2 heterocycles. The monoisotopic (exact) mass is 575 g/mol. The lowest BCUT2D eigenvalue weighted by Gasteiger charge is -2.34. The first-order valence-electron chi connectivity index (χ1n) is 11.1. The van der Waals surface area contributed by atoms with Crippen LogP contribution in [0.5, 0.6) is 0 Å². The molecule has 1 saturated heterocycles. The number of β-lactam (4-membered cyclic amide) rings is 1. The van der Waals surface area contributed by atoms with Crippen molar-refractivity contribution in [1.82, 2.24) is 15.6 Å². The predicted molar refractivity (Wildman–Crippen MR) is 138 cm³/mol. The van der Waals surface area contributed by atoms with Crippen LogP contribution in [0.4, 0.5) is 5.13 Å². The van der Waals surface area contributed by atoms with Crippen molar-refractivity contribution in [2.75, 3.05) is 24.9 Å². The summed E-state index contributed by atoms with van der Waals surface area (Å²) in [6.07, 6.45) is 0. The van der Waals surface area contributed by atoms with Crippen molar-refractivity contribution in [2.24, 2.45) is 5.16 Å². The van der Waals surface area contributed by atoms with Crippen molar-refractivity contribution >= 4 is 71.5 Å². The normalized spacial score (nSPS) is 17.7. The molecule has 0 bridgehead atoms. The molecule has 2 unspecified atom stereocenters. The topological polar surface area (TPSA) is 174 Å². The molecule has 3 amide bonds. The van der Waals surface area contributed by atoms with Crippen LogP contribution >= 0.6 is 22.9 Å². The number of alkyl halides is 1. The summed E-state index contributed by atoms with van der Waals surface area (Å²) in [5, 5.41) is 12.5. The van der Waals surface area contributed by atoms with E-state index < -0.39 is 61.1 Å². The Labute approximate surface area is 223 Å². The summed E-state index contributed by atoms with van der Waals surface area (Å²) < 4.78 is 9.93. The van der Waals surface area contributed by atoms with Crippen LogP contribution in [0, 0.1) is 0 Å². The molecular formula is C21H30ClN5O8SSi. The molecule has 2 rings (SSSR count). The van der Waals surface area contributed by atoms with Crippen molar-refractivity contribution in [3.05, 3.63) is 11.1 Å². The number of oxime groups is 1. The molecule has 1 aliphatic heterocycles. The first-order valence-corrected chi connectivity index (χ1v) is 16.2. The first-order chi connectivity index (χ1) is 17.2. The third kappa shape index (κ3) is 8.50. The van der Waals surface area contributed by atoms with Gasteiger partial charge in [0.2, 0.25) is 17.4 Å². The third-order valence-electron chi connectivity index (χ3n) is 4.93. The van der Waals surface area contributed by atoms with Gasteiger partial charge in [0.25, 0.3) is 5.91 Å². The van der Waals surface area contributed by atoms with Crippen molar-refractivity contribution < 1.29 is 38.3 Å². The van der Waals surface area contributed by atoms with E-state index in [1.807, 2.05) is 0 Å². The minimum atomic E-state index is -1.57. The second-order valence-electron chi connectivity index (χ2n) is 9.67. The number of nitrogens with one attached hydrogen (secondary N) is 3. The predicted octanol–water partition coefficient (Wildman–Crippen LogP) is 0.857. The average molecular weight is 576 g/mol. The maximum absolute atomic E-state index is 13.1. The number of nitrogens with zero attached hydrogens (tertiary/aromatic N) is 2. The summed E-state index contributed by atoms with van der Waals surface area (Å²) in [5.74, 6) is -3.79. The van der Waals surface area contributed by atoms with Crippen LogP contribution in [0.15, 0.2) is 10.5 Å². The molecular weight excluding hydrogens is 546 g/mol. The number of carbonyl (C=O) groups excluding carboxylic acids is 5. The molecule has 16 heteroatoms. The zero-order valence-electron chi connectivity index (χ0n) is 21.3. The second-order valence-corrected chi connectivity index (χ2v) is 16.4. The SMILES string of the molecule is COC(=O)C1NC(=O)C1NC(=O)/C(=N\OC(C)(C)C(=O)OCC[Si](C)(C)C)c1csc(NC(=O)CCl)n1. The zero-order chi connectivity index (χ0) is 28.0. The van der Waals surface area contributed by atoms with Gasteiger partial charge in [0.05, 0.1) is 13.7 Å². The molecule has 0 saturated carbocycles. The van der Waals surface area contributed by atoms with Crippen LogP contribution in [0.2, 0.25) is 25.7 Å². The number of halogens is 1. The Morgan fingerprint density at radius 2 is 1.95 bits per heavy atom. The van der Waals surface area contributed by atoms with Gasteiger partial charge in [0.1, 0.15) is 17.6 Å². The van der Waals surface area contributed by atoms with Crippen LogP contribution in [-0.2, 0) is 38.3 Å². The molecule has 37 heavy (non-hydrogen) atoms. The standard InChI is InChI=1S/C21H30ClN5O8SSi/c1-21(2,19(32)34-7-8-37(4,5)6)35-27-13(11-10-36-20(23-11)24-12(28)9-22)16(29)25-14-15(18(31)33-3)26-17(14)30/h10,14-15H,7-9H2,1-6H3,(H,25,29)(H,26,30)(H,23,24,28)/b27-13-. The highest BCUT2D eigenvalue weighted by molar-refractivity contribution is 7.14. The van der Waals surface area contributed by atoms with E-state index in [9.17, 15) is 24.0 Å². The van der Waals surface area contributed by atoms with Gasteiger partial charge in [-0.25, -0.2) is 14.6 Å². The fourth-order valence-electron chi connectivity index (χ4n) is 2.68. The Hall–Kier alpha value is -3.04. The molecule has 204 valence electrons. The number of ether oxygens (including phenoxy) is 2. The molecule has 0 radical (unpaired) electrons. The lowest BCUT2D eigenvalue weighted by atomic mass is 9.99. The molecule has 0 spiro atoms. The van der Waals surface area contributed by atoms with E-state index >= 15 is 0 Å². The van der Waals surface area contributed by atoms with E-state index in [1.54, 1.807) is 0 Å². The number of thiazole rings is 1. The number of hydrogen-bond acceptors (Lipinski definition) is 11. The second kappa shape index (κ2) is 12.5. The summed E-state index contributed by atoms with van der Waals surface area (Å²) in [5.41, 5.74) is -2.00. The van der Waals surface area contributed by atoms with Gasteiger partial charge in [-0.1, -0.05) is 24.8 Å². The molecule has 2 atom stereocenters. The lowest BCUT2D eigenvalue weighted by Crippen LogP contribution is -2.72. The van der Waals surface area contributed by atoms with Crippen LogP contribution < -0.4 is 16.0 Å². The van der Waals surface area contributed by atoms with Crippen LogP contribution in [0.3, 0.4) is 0 Å². The zero-order valence-corrected chi connectivity index (χ0v) is 23.9. The van der Waals surface area contributed by atoms with Gasteiger partial charge in [-0.3, -0.25) is 14.4 Å². The Kier molecular flexibility index (Phi) is 10.2. The Balaban J connectivity index is 2.26. The summed E-state index contributed by atoms with van der Waals surface area (Å²) >= 11 is 6.48. The van der Waals surface area contributed by atoms with Gasteiger partial charge < -0.3 is 30.3 Å². The van der Waals surface area contributed by atoms with Gasteiger partial charge in [-0.15, -0.1) is 22.9 Å². The van der Waals surface area contributed by atoms with E-state index in [4.69, 9.17) is 21.2 Å². The van der Waals surface area contributed by atoms with Gasteiger partial charge >= 0.3 is 11.9 Å². The maximum Gasteiger partial charge on any atom is 0.352 e. The molecule has 13 nitrogen and oxygen atoms in total. The minimum absolute atomic E-state index is 0.0235. The number of esters is 2. The average Bonchev–Trinajstić information content (AvgIpc) is 3.27. The highest BCUT2D eigenvalue weighted by atomic mass is 35.5. The van der Waals surface area contributed by atoms with E-state index in [2.05, 4.69) is 50.5 Å². The lowest BCUT2D eigenvalue weighted by molar-refractivity contribution is -0.167.